The van der Waals surface area contributed by atoms with Gasteiger partial charge in [-0.2, -0.15) is 8.78 Å². The maximum Gasteiger partial charge on any atom is 0.285 e. The highest BCUT2D eigenvalue weighted by Gasteiger charge is 2.35. The van der Waals surface area contributed by atoms with Gasteiger partial charge in [0, 0.05) is 47.6 Å². The van der Waals surface area contributed by atoms with Crippen LogP contribution < -0.4 is 0 Å². The number of likely N-dealkylation sites (N-methyl/N-ethyl adjacent to an activating group) is 1. The van der Waals surface area contributed by atoms with Crippen LogP contribution in [0.5, 0.6) is 0 Å². The zero-order chi connectivity index (χ0) is 13.9. The minimum absolute atomic E-state index is 0.105. The molecule has 1 aromatic rings. The molecular weight excluding hydrogens is 361 g/mol. The summed E-state index contributed by atoms with van der Waals surface area (Å²) in [4.78, 5) is 1.82. The van der Waals surface area contributed by atoms with E-state index >= 15 is 0 Å². The molecule has 0 N–H and O–H groups in total. The zero-order valence-corrected chi connectivity index (χ0v) is 13.2. The van der Waals surface area contributed by atoms with Crippen LogP contribution in [0.3, 0.4) is 0 Å². The molecule has 1 heterocycles. The zero-order valence-electron chi connectivity index (χ0n) is 11.0. The summed E-state index contributed by atoms with van der Waals surface area (Å²) in [5.41, 5.74) is 0.105. The molecule has 1 aliphatic heterocycles. The Kier molecular flexibility index (Phi) is 5.14. The minimum atomic E-state index is -2.78. The molecule has 0 aromatic heterocycles. The molecule has 2 rings (SSSR count). The minimum Gasteiger partial charge on any atom is -0.297 e. The molecule has 1 fully saturated rings. The number of halogens is 3. The first kappa shape index (κ1) is 15.1. The number of piperidine rings is 1. The van der Waals surface area contributed by atoms with E-state index in [9.17, 15) is 8.78 Å². The first-order chi connectivity index (χ1) is 8.99. The molecule has 0 amide bonds. The average Bonchev–Trinajstić information content (AvgIpc) is 2.40. The smallest absolute Gasteiger partial charge is 0.285 e. The van der Waals surface area contributed by atoms with Gasteiger partial charge in [0.25, 0.3) is 5.92 Å². The quantitative estimate of drug-likeness (QED) is 0.583. The molecule has 0 atom stereocenters. The summed E-state index contributed by atoms with van der Waals surface area (Å²) in [6, 6.07) is 8.36. The average molecular weight is 380 g/mol. The molecule has 0 radical (unpaired) electrons. The van der Waals surface area contributed by atoms with Crippen LogP contribution >= 0.6 is 22.9 Å². The van der Waals surface area contributed by atoms with E-state index in [1.54, 1.807) is 18.2 Å². The van der Waals surface area contributed by atoms with Gasteiger partial charge in [-0.1, -0.05) is 30.3 Å². The van der Waals surface area contributed by atoms with Crippen LogP contribution in [-0.4, -0.2) is 40.7 Å². The van der Waals surface area contributed by atoms with E-state index < -0.39 is 5.92 Å². The molecule has 106 valence electrons. The van der Waals surface area contributed by atoms with Crippen LogP contribution in [0.15, 0.2) is 30.3 Å². The van der Waals surface area contributed by atoms with E-state index in [1.165, 1.54) is 12.1 Å². The molecule has 5 heteroatoms. The summed E-state index contributed by atoms with van der Waals surface area (Å²) >= 11 is 2.29. The second kappa shape index (κ2) is 6.45. The summed E-state index contributed by atoms with van der Waals surface area (Å²) in [6.07, 6.45) is 1.93. The molecule has 1 aliphatic rings. The third kappa shape index (κ3) is 4.10. The molecule has 1 aromatic carbocycles. The SMILES string of the molecule is CN(CC(F)(F)c1ccccc1)C1CCN(I)CC1. The Morgan fingerprint density at radius 3 is 2.42 bits per heavy atom. The van der Waals surface area contributed by atoms with Gasteiger partial charge in [-0.3, -0.25) is 4.90 Å². The number of alkyl halides is 2. The Morgan fingerprint density at radius 2 is 1.84 bits per heavy atom. The number of nitrogens with zero attached hydrogens (tertiary/aromatic N) is 2. The van der Waals surface area contributed by atoms with Crippen molar-refractivity contribution < 1.29 is 8.78 Å². The lowest BCUT2D eigenvalue weighted by atomic mass is 10.0. The van der Waals surface area contributed by atoms with Gasteiger partial charge < -0.3 is 0 Å². The Balaban J connectivity index is 1.96. The van der Waals surface area contributed by atoms with Crippen LogP contribution in [0.25, 0.3) is 0 Å². The van der Waals surface area contributed by atoms with Crippen molar-refractivity contribution in [1.29, 1.82) is 0 Å². The summed E-state index contributed by atoms with van der Waals surface area (Å²) in [7, 11) is 1.81. The van der Waals surface area contributed by atoms with E-state index in [1.807, 2.05) is 11.9 Å². The number of benzene rings is 1. The Labute approximate surface area is 127 Å². The number of rotatable bonds is 4. The predicted octanol–water partition coefficient (Wildman–Crippen LogP) is 3.52. The van der Waals surface area contributed by atoms with Gasteiger partial charge in [-0.15, -0.1) is 0 Å². The van der Waals surface area contributed by atoms with Crippen molar-refractivity contribution in [2.45, 2.75) is 24.8 Å². The highest BCUT2D eigenvalue weighted by atomic mass is 127. The van der Waals surface area contributed by atoms with Crippen molar-refractivity contribution in [2.24, 2.45) is 0 Å². The maximum absolute atomic E-state index is 14.2. The molecule has 1 saturated heterocycles. The molecule has 0 aliphatic carbocycles. The lowest BCUT2D eigenvalue weighted by Gasteiger charge is -2.35. The predicted molar refractivity (Wildman–Crippen MR) is 81.6 cm³/mol. The van der Waals surface area contributed by atoms with E-state index in [4.69, 9.17) is 0 Å². The summed E-state index contributed by atoms with van der Waals surface area (Å²) in [5, 5.41) is 0. The topological polar surface area (TPSA) is 6.48 Å². The summed E-state index contributed by atoms with van der Waals surface area (Å²) in [5.74, 6) is -2.78. The second-order valence-electron chi connectivity index (χ2n) is 5.13. The Morgan fingerprint density at radius 1 is 1.26 bits per heavy atom. The third-order valence-electron chi connectivity index (χ3n) is 3.68. The van der Waals surface area contributed by atoms with Crippen molar-refractivity contribution in [3.63, 3.8) is 0 Å². The summed E-state index contributed by atoms with van der Waals surface area (Å²) < 4.78 is 30.6. The van der Waals surface area contributed by atoms with Crippen molar-refractivity contribution in [2.75, 3.05) is 26.7 Å². The first-order valence-electron chi connectivity index (χ1n) is 6.53. The van der Waals surface area contributed by atoms with E-state index in [2.05, 4.69) is 26.0 Å². The van der Waals surface area contributed by atoms with Crippen LogP contribution in [-0.2, 0) is 5.92 Å². The molecule has 2 nitrogen and oxygen atoms in total. The number of hydrogen-bond donors (Lipinski definition) is 0. The van der Waals surface area contributed by atoms with Gasteiger partial charge in [0.2, 0.25) is 0 Å². The molecule has 0 saturated carbocycles. The van der Waals surface area contributed by atoms with Crippen molar-refractivity contribution in [1.82, 2.24) is 8.01 Å². The highest BCUT2D eigenvalue weighted by Crippen LogP contribution is 2.30. The van der Waals surface area contributed by atoms with Gasteiger partial charge in [-0.05, 0) is 19.9 Å². The lowest BCUT2D eigenvalue weighted by molar-refractivity contribution is -0.0445. The summed E-state index contributed by atoms with van der Waals surface area (Å²) in [6.45, 7) is 1.75. The molecule has 0 bridgehead atoms. The number of hydrogen-bond acceptors (Lipinski definition) is 2. The van der Waals surface area contributed by atoms with Crippen molar-refractivity contribution >= 4 is 22.9 Å². The molecule has 0 spiro atoms. The lowest BCUT2D eigenvalue weighted by Crippen LogP contribution is -2.44. The van der Waals surface area contributed by atoms with Gasteiger partial charge in [0.15, 0.2) is 0 Å². The van der Waals surface area contributed by atoms with Crippen molar-refractivity contribution in [3.05, 3.63) is 35.9 Å². The Hall–Kier alpha value is -0.270. The van der Waals surface area contributed by atoms with Crippen LogP contribution in [0.2, 0.25) is 0 Å². The van der Waals surface area contributed by atoms with Crippen LogP contribution in [0.4, 0.5) is 8.78 Å². The van der Waals surface area contributed by atoms with Crippen LogP contribution in [0, 0.1) is 0 Å². The van der Waals surface area contributed by atoms with E-state index in [-0.39, 0.29) is 18.2 Å². The maximum atomic E-state index is 14.2. The fourth-order valence-corrected chi connectivity index (χ4v) is 3.05. The van der Waals surface area contributed by atoms with Gasteiger partial charge in [0.05, 0.1) is 6.54 Å². The largest absolute Gasteiger partial charge is 0.297 e. The molecule has 19 heavy (non-hydrogen) atoms. The highest BCUT2D eigenvalue weighted by molar-refractivity contribution is 14.1. The standard InChI is InChI=1S/C14H19F2IN2/c1-18(13-7-9-19(17)10-8-13)11-14(15,16)12-5-3-2-4-6-12/h2-6,13H,7-11H2,1H3. The normalized spacial score (nSPS) is 19.0. The fraction of sp³-hybridized carbons (Fsp3) is 0.571. The Bertz CT molecular complexity index is 392. The third-order valence-corrected chi connectivity index (χ3v) is 4.64. The van der Waals surface area contributed by atoms with E-state index in [0.29, 0.717) is 0 Å². The molecule has 0 unspecified atom stereocenters. The second-order valence-corrected chi connectivity index (χ2v) is 6.49. The van der Waals surface area contributed by atoms with Crippen LogP contribution in [0.1, 0.15) is 18.4 Å². The monoisotopic (exact) mass is 380 g/mol. The van der Waals surface area contributed by atoms with Gasteiger partial charge in [0.1, 0.15) is 0 Å². The van der Waals surface area contributed by atoms with Gasteiger partial charge >= 0.3 is 0 Å². The first-order valence-corrected chi connectivity index (χ1v) is 7.50. The van der Waals surface area contributed by atoms with Gasteiger partial charge in [-0.25, -0.2) is 3.11 Å². The van der Waals surface area contributed by atoms with Crippen molar-refractivity contribution in [3.8, 4) is 0 Å². The van der Waals surface area contributed by atoms with E-state index in [0.717, 1.165) is 25.9 Å². The fourth-order valence-electron chi connectivity index (χ4n) is 2.49. The molecular formula is C14H19F2IN2.